The van der Waals surface area contributed by atoms with E-state index in [0.29, 0.717) is 6.10 Å². The Morgan fingerprint density at radius 2 is 1.78 bits per heavy atom. The van der Waals surface area contributed by atoms with Gasteiger partial charge >= 0.3 is 0 Å². The standard InChI is InChI=1S/C16H21IO/c17-14-11-15(13-7-3-1-4-8-13)18-16(12-14)9-5-2-6-10-16/h1,3-4,7-8,14-15H,2,5-6,9-12H2/t14-,15-/m1/s1. The molecule has 0 unspecified atom stereocenters. The highest BCUT2D eigenvalue weighted by atomic mass is 127. The van der Waals surface area contributed by atoms with E-state index in [1.54, 1.807) is 0 Å². The maximum absolute atomic E-state index is 6.57. The summed E-state index contributed by atoms with van der Waals surface area (Å²) < 4.78 is 7.33. The third-order valence-corrected chi connectivity index (χ3v) is 5.34. The topological polar surface area (TPSA) is 9.23 Å². The van der Waals surface area contributed by atoms with Gasteiger partial charge in [0, 0.05) is 3.92 Å². The second-order valence-corrected chi connectivity index (χ2v) is 7.56. The van der Waals surface area contributed by atoms with Gasteiger partial charge in [-0.1, -0.05) is 72.2 Å². The van der Waals surface area contributed by atoms with Crippen LogP contribution in [0.2, 0.25) is 0 Å². The molecule has 2 heteroatoms. The molecule has 1 saturated carbocycles. The molecule has 98 valence electrons. The molecule has 2 aliphatic rings. The highest BCUT2D eigenvalue weighted by Gasteiger charge is 2.41. The quantitative estimate of drug-likeness (QED) is 0.506. The van der Waals surface area contributed by atoms with Gasteiger partial charge in [0.25, 0.3) is 0 Å². The molecule has 18 heavy (non-hydrogen) atoms. The Balaban J connectivity index is 1.80. The SMILES string of the molecule is I[C@@H]1C[C@H](c2ccccc2)OC2(CCCCC2)C1. The average Bonchev–Trinajstić information content (AvgIpc) is 2.40. The average molecular weight is 356 g/mol. The van der Waals surface area contributed by atoms with Gasteiger partial charge in [-0.3, -0.25) is 0 Å². The van der Waals surface area contributed by atoms with Crippen molar-refractivity contribution >= 4 is 22.6 Å². The first-order valence-electron chi connectivity index (χ1n) is 7.14. The number of benzene rings is 1. The zero-order valence-electron chi connectivity index (χ0n) is 10.8. The van der Waals surface area contributed by atoms with Gasteiger partial charge in [-0.05, 0) is 31.2 Å². The lowest BCUT2D eigenvalue weighted by atomic mass is 9.78. The van der Waals surface area contributed by atoms with Gasteiger partial charge in [0.2, 0.25) is 0 Å². The summed E-state index contributed by atoms with van der Waals surface area (Å²) in [5.41, 5.74) is 1.56. The summed E-state index contributed by atoms with van der Waals surface area (Å²) in [6.45, 7) is 0. The molecular weight excluding hydrogens is 335 g/mol. The second-order valence-electron chi connectivity index (χ2n) is 5.80. The van der Waals surface area contributed by atoms with Crippen LogP contribution in [-0.4, -0.2) is 9.53 Å². The van der Waals surface area contributed by atoms with Crippen molar-refractivity contribution in [3.8, 4) is 0 Å². The smallest absolute Gasteiger partial charge is 0.0842 e. The molecule has 0 amide bonds. The molecule has 1 nitrogen and oxygen atoms in total. The summed E-state index contributed by atoms with van der Waals surface area (Å²) in [5.74, 6) is 0. The van der Waals surface area contributed by atoms with Crippen LogP contribution in [0.15, 0.2) is 30.3 Å². The zero-order chi connectivity index (χ0) is 12.4. The molecule has 1 aromatic carbocycles. The summed E-state index contributed by atoms with van der Waals surface area (Å²) in [4.78, 5) is 0. The second kappa shape index (κ2) is 5.49. The molecule has 0 radical (unpaired) electrons. The van der Waals surface area contributed by atoms with Crippen molar-refractivity contribution in [2.45, 2.75) is 60.6 Å². The molecule has 1 spiro atoms. The molecule has 2 atom stereocenters. The predicted molar refractivity (Wildman–Crippen MR) is 83.1 cm³/mol. The van der Waals surface area contributed by atoms with Crippen LogP contribution >= 0.6 is 22.6 Å². The van der Waals surface area contributed by atoms with Gasteiger partial charge in [-0.2, -0.15) is 0 Å². The molecule has 1 aromatic rings. The first kappa shape index (κ1) is 12.9. The normalized spacial score (nSPS) is 31.4. The Morgan fingerprint density at radius 1 is 1.06 bits per heavy atom. The van der Waals surface area contributed by atoms with Gasteiger partial charge < -0.3 is 4.74 Å². The number of hydrogen-bond donors (Lipinski definition) is 0. The third-order valence-electron chi connectivity index (χ3n) is 4.39. The van der Waals surface area contributed by atoms with E-state index in [4.69, 9.17) is 4.74 Å². The van der Waals surface area contributed by atoms with Crippen LogP contribution in [0.1, 0.15) is 56.6 Å². The van der Waals surface area contributed by atoms with Gasteiger partial charge in [-0.15, -0.1) is 0 Å². The van der Waals surface area contributed by atoms with Crippen LogP contribution in [0, 0.1) is 0 Å². The number of rotatable bonds is 1. The number of hydrogen-bond acceptors (Lipinski definition) is 1. The van der Waals surface area contributed by atoms with Gasteiger partial charge in [-0.25, -0.2) is 0 Å². The van der Waals surface area contributed by atoms with E-state index in [2.05, 4.69) is 52.9 Å². The van der Waals surface area contributed by atoms with Crippen molar-refractivity contribution in [2.75, 3.05) is 0 Å². The lowest BCUT2D eigenvalue weighted by Crippen LogP contribution is -2.43. The number of halogens is 1. The van der Waals surface area contributed by atoms with Crippen LogP contribution in [0.4, 0.5) is 0 Å². The van der Waals surface area contributed by atoms with Crippen LogP contribution < -0.4 is 0 Å². The summed E-state index contributed by atoms with van der Waals surface area (Å²) in [5, 5.41) is 0. The Hall–Kier alpha value is -0.0900. The fourth-order valence-corrected chi connectivity index (χ4v) is 4.77. The maximum Gasteiger partial charge on any atom is 0.0842 e. The van der Waals surface area contributed by atoms with E-state index in [1.165, 1.54) is 50.5 Å². The van der Waals surface area contributed by atoms with Crippen molar-refractivity contribution < 1.29 is 4.74 Å². The third kappa shape index (κ3) is 2.74. The fourth-order valence-electron chi connectivity index (χ4n) is 3.51. The first-order valence-corrected chi connectivity index (χ1v) is 8.39. The minimum absolute atomic E-state index is 0.197. The van der Waals surface area contributed by atoms with Crippen molar-refractivity contribution in [2.24, 2.45) is 0 Å². The summed E-state index contributed by atoms with van der Waals surface area (Å²) >= 11 is 2.63. The molecule has 0 bridgehead atoms. The van der Waals surface area contributed by atoms with Gasteiger partial charge in [0.15, 0.2) is 0 Å². The van der Waals surface area contributed by atoms with E-state index in [9.17, 15) is 0 Å². The Kier molecular flexibility index (Phi) is 3.94. The molecule has 1 aliphatic carbocycles. The Morgan fingerprint density at radius 3 is 2.50 bits per heavy atom. The highest BCUT2D eigenvalue weighted by Crippen LogP contribution is 2.46. The van der Waals surface area contributed by atoms with E-state index in [-0.39, 0.29) is 5.60 Å². The van der Waals surface area contributed by atoms with Crippen LogP contribution in [0.5, 0.6) is 0 Å². The lowest BCUT2D eigenvalue weighted by molar-refractivity contribution is -0.144. The fraction of sp³-hybridized carbons (Fsp3) is 0.625. The van der Waals surface area contributed by atoms with Crippen molar-refractivity contribution in [1.82, 2.24) is 0 Å². The van der Waals surface area contributed by atoms with Crippen LogP contribution in [-0.2, 0) is 4.74 Å². The molecule has 2 fully saturated rings. The maximum atomic E-state index is 6.57. The van der Waals surface area contributed by atoms with E-state index < -0.39 is 0 Å². The van der Waals surface area contributed by atoms with Crippen LogP contribution in [0.3, 0.4) is 0 Å². The van der Waals surface area contributed by atoms with Gasteiger partial charge in [0.1, 0.15) is 0 Å². The number of alkyl halides is 1. The van der Waals surface area contributed by atoms with Crippen LogP contribution in [0.25, 0.3) is 0 Å². The monoisotopic (exact) mass is 356 g/mol. The lowest BCUT2D eigenvalue weighted by Gasteiger charge is -2.46. The molecule has 0 N–H and O–H groups in total. The molecule has 3 rings (SSSR count). The Labute approximate surface area is 123 Å². The van der Waals surface area contributed by atoms with Gasteiger partial charge in [0.05, 0.1) is 11.7 Å². The van der Waals surface area contributed by atoms with Crippen molar-refractivity contribution in [3.05, 3.63) is 35.9 Å². The van der Waals surface area contributed by atoms with E-state index in [1.807, 2.05) is 0 Å². The first-order chi connectivity index (χ1) is 8.77. The molecular formula is C16H21IO. The molecule has 1 aliphatic heterocycles. The summed E-state index contributed by atoms with van der Waals surface area (Å²) in [6, 6.07) is 10.8. The summed E-state index contributed by atoms with van der Waals surface area (Å²) in [6.07, 6.45) is 9.40. The highest BCUT2D eigenvalue weighted by molar-refractivity contribution is 14.1. The predicted octanol–water partition coefficient (Wildman–Crippen LogP) is 5.04. The minimum Gasteiger partial charge on any atom is -0.367 e. The van der Waals surface area contributed by atoms with E-state index >= 15 is 0 Å². The minimum atomic E-state index is 0.197. The molecule has 0 aromatic heterocycles. The largest absolute Gasteiger partial charge is 0.367 e. The van der Waals surface area contributed by atoms with E-state index in [0.717, 1.165) is 3.92 Å². The van der Waals surface area contributed by atoms with Crippen molar-refractivity contribution in [1.29, 1.82) is 0 Å². The number of ether oxygens (including phenoxy) is 1. The molecule has 1 saturated heterocycles. The zero-order valence-corrected chi connectivity index (χ0v) is 12.9. The Bertz CT molecular complexity index is 383. The summed E-state index contributed by atoms with van der Waals surface area (Å²) in [7, 11) is 0. The van der Waals surface area contributed by atoms with Crippen molar-refractivity contribution in [3.63, 3.8) is 0 Å². The molecule has 1 heterocycles.